The fourth-order valence-corrected chi connectivity index (χ4v) is 6.97. The van der Waals surface area contributed by atoms with Gasteiger partial charge in [0.1, 0.15) is 5.75 Å². The Morgan fingerprint density at radius 1 is 0.696 bits per heavy atom. The summed E-state index contributed by atoms with van der Waals surface area (Å²) in [5.74, 6) is 1.83. The van der Waals surface area contributed by atoms with Crippen molar-refractivity contribution < 1.29 is 24.8 Å². The van der Waals surface area contributed by atoms with E-state index in [9.17, 15) is 0 Å². The van der Waals surface area contributed by atoms with Crippen molar-refractivity contribution in [2.24, 2.45) is 0 Å². The SMILES string of the molecule is CC1(C)c2ccccc2Oc2c[c-]c(C3C=CC=C[N-]3)cc21.Cc1c[c-]c(-c2[c-]ccc3c2C(C)(C)c2ccccc2-3)cc1C.[Ir]. The predicted molar refractivity (Wildman–Crippen MR) is 185 cm³/mol. The molecule has 1 aliphatic carbocycles. The number of ether oxygens (including phenoxy) is 1. The zero-order valence-corrected chi connectivity index (χ0v) is 29.6. The summed E-state index contributed by atoms with van der Waals surface area (Å²) in [6, 6.07) is 40.0. The minimum Gasteiger partial charge on any atom is -0.683 e. The molecule has 46 heavy (non-hydrogen) atoms. The third kappa shape index (κ3) is 5.36. The summed E-state index contributed by atoms with van der Waals surface area (Å²) in [5, 5.41) is 4.50. The second-order valence-corrected chi connectivity index (χ2v) is 13.2. The van der Waals surface area contributed by atoms with Gasteiger partial charge in [0.2, 0.25) is 0 Å². The summed E-state index contributed by atoms with van der Waals surface area (Å²) >= 11 is 0. The average Bonchev–Trinajstić information content (AvgIpc) is 3.30. The van der Waals surface area contributed by atoms with Gasteiger partial charge in [0, 0.05) is 31.4 Å². The van der Waals surface area contributed by atoms with Crippen molar-refractivity contribution in [1.82, 2.24) is 0 Å². The maximum atomic E-state index is 6.06. The van der Waals surface area contributed by atoms with Gasteiger partial charge < -0.3 is 10.1 Å². The number of hydrogen-bond acceptors (Lipinski definition) is 1. The standard InChI is InChI=1S/C23H20.C20H17NO.Ir/c1-15-12-13-17(14-16(15)2)18-9-7-10-20-19-8-5-6-11-21(19)23(3,4)22(18)20;1-20(2)15-7-3-4-9-18(15)22-19-11-10-14(13-16(19)20)17-8-5-6-12-21-17;/h5-8,10-12,14H,1-4H3;3-9,11-13,17H,1-2H3;/q2*-2;. The first-order chi connectivity index (χ1) is 21.7. The van der Waals surface area contributed by atoms with Crippen LogP contribution in [0.1, 0.15) is 72.7 Å². The van der Waals surface area contributed by atoms with E-state index in [1.807, 2.05) is 36.6 Å². The summed E-state index contributed by atoms with van der Waals surface area (Å²) in [5.41, 5.74) is 13.8. The molecule has 2 nitrogen and oxygen atoms in total. The van der Waals surface area contributed by atoms with E-state index >= 15 is 0 Å². The maximum Gasteiger partial charge on any atom is 0.114 e. The third-order valence-electron chi connectivity index (χ3n) is 9.65. The molecular formula is C43H37IrNO-4. The van der Waals surface area contributed by atoms with Crippen LogP contribution in [0, 0.1) is 32.0 Å². The minimum atomic E-state index is -0.0950. The Morgan fingerprint density at radius 3 is 2.22 bits per heavy atom. The van der Waals surface area contributed by atoms with E-state index in [0.29, 0.717) is 0 Å². The Labute approximate surface area is 287 Å². The van der Waals surface area contributed by atoms with Gasteiger partial charge in [0.05, 0.1) is 0 Å². The molecule has 0 saturated carbocycles. The number of fused-ring (bicyclic) bond motifs is 5. The van der Waals surface area contributed by atoms with E-state index in [1.165, 1.54) is 50.1 Å². The molecule has 1 atom stereocenters. The summed E-state index contributed by atoms with van der Waals surface area (Å²) < 4.78 is 6.06. The smallest absolute Gasteiger partial charge is 0.114 e. The molecule has 2 heterocycles. The summed E-state index contributed by atoms with van der Waals surface area (Å²) in [7, 11) is 0. The largest absolute Gasteiger partial charge is 0.683 e. The molecule has 2 aliphatic heterocycles. The van der Waals surface area contributed by atoms with E-state index in [4.69, 9.17) is 4.74 Å². The van der Waals surface area contributed by atoms with Gasteiger partial charge in [-0.2, -0.15) is 59.8 Å². The first-order valence-corrected chi connectivity index (χ1v) is 15.7. The van der Waals surface area contributed by atoms with E-state index in [2.05, 4.69) is 138 Å². The monoisotopic (exact) mass is 776 g/mol. The molecule has 0 fully saturated rings. The number of rotatable bonds is 2. The van der Waals surface area contributed by atoms with Crippen molar-refractivity contribution in [3.05, 3.63) is 172 Å². The molecule has 3 aliphatic rings. The topological polar surface area (TPSA) is 23.3 Å². The van der Waals surface area contributed by atoms with Gasteiger partial charge in [-0.3, -0.25) is 0 Å². The van der Waals surface area contributed by atoms with Gasteiger partial charge in [-0.05, 0) is 28.0 Å². The Bertz CT molecular complexity index is 2000. The quantitative estimate of drug-likeness (QED) is 0.164. The Kier molecular flexibility index (Phi) is 8.44. The number of allylic oxidation sites excluding steroid dienone is 2. The number of nitrogens with zero attached hydrogens (tertiary/aromatic N) is 1. The Hall–Kier alpha value is -4.17. The second kappa shape index (κ2) is 12.2. The molecule has 233 valence electrons. The number of hydrogen-bond donors (Lipinski definition) is 0. The Balaban J connectivity index is 0.000000158. The van der Waals surface area contributed by atoms with Gasteiger partial charge in [-0.15, -0.1) is 34.4 Å². The van der Waals surface area contributed by atoms with Crippen LogP contribution < -0.4 is 4.74 Å². The van der Waals surface area contributed by atoms with E-state index in [0.717, 1.165) is 22.6 Å². The maximum absolute atomic E-state index is 6.06. The molecule has 0 saturated heterocycles. The van der Waals surface area contributed by atoms with Crippen molar-refractivity contribution in [2.75, 3.05) is 0 Å². The van der Waals surface area contributed by atoms with Crippen molar-refractivity contribution >= 4 is 0 Å². The van der Waals surface area contributed by atoms with Crippen LogP contribution in [0.15, 0.2) is 109 Å². The van der Waals surface area contributed by atoms with Crippen molar-refractivity contribution in [1.29, 1.82) is 0 Å². The van der Waals surface area contributed by atoms with Crippen molar-refractivity contribution in [3.8, 4) is 33.8 Å². The molecule has 0 N–H and O–H groups in total. The summed E-state index contributed by atoms with van der Waals surface area (Å²) in [6.45, 7) is 13.4. The zero-order valence-electron chi connectivity index (χ0n) is 27.2. The number of benzene rings is 5. The van der Waals surface area contributed by atoms with Gasteiger partial charge >= 0.3 is 0 Å². The molecule has 0 spiro atoms. The predicted octanol–water partition coefficient (Wildman–Crippen LogP) is 11.3. The first kappa shape index (κ1) is 31.8. The molecule has 8 rings (SSSR count). The molecule has 0 amide bonds. The number of aryl methyl sites for hydroxylation is 2. The third-order valence-corrected chi connectivity index (χ3v) is 9.65. The molecular weight excluding hydrogens is 739 g/mol. The van der Waals surface area contributed by atoms with E-state index in [1.54, 1.807) is 0 Å². The van der Waals surface area contributed by atoms with Gasteiger partial charge in [-0.25, -0.2) is 11.1 Å². The van der Waals surface area contributed by atoms with E-state index in [-0.39, 0.29) is 37.0 Å². The van der Waals surface area contributed by atoms with Crippen LogP contribution in [0.25, 0.3) is 27.6 Å². The van der Waals surface area contributed by atoms with Crippen LogP contribution in [0.3, 0.4) is 0 Å². The van der Waals surface area contributed by atoms with Crippen LogP contribution in [-0.2, 0) is 30.9 Å². The molecule has 0 bridgehead atoms. The van der Waals surface area contributed by atoms with Crippen LogP contribution in [0.4, 0.5) is 0 Å². The van der Waals surface area contributed by atoms with Crippen LogP contribution in [0.5, 0.6) is 11.5 Å². The fourth-order valence-electron chi connectivity index (χ4n) is 6.97. The van der Waals surface area contributed by atoms with Gasteiger partial charge in [0.25, 0.3) is 0 Å². The molecule has 5 aromatic rings. The average molecular weight is 776 g/mol. The summed E-state index contributed by atoms with van der Waals surface area (Å²) in [4.78, 5) is 0. The van der Waals surface area contributed by atoms with Crippen LogP contribution in [-0.4, -0.2) is 0 Å². The van der Waals surface area contributed by atoms with Gasteiger partial charge in [0.15, 0.2) is 0 Å². The van der Waals surface area contributed by atoms with Crippen molar-refractivity contribution in [3.63, 3.8) is 0 Å². The summed E-state index contributed by atoms with van der Waals surface area (Å²) in [6.07, 6.45) is 7.90. The first-order valence-electron chi connectivity index (χ1n) is 15.7. The van der Waals surface area contributed by atoms with Crippen LogP contribution >= 0.6 is 0 Å². The fraction of sp³-hybridized carbons (Fsp3) is 0.209. The van der Waals surface area contributed by atoms with E-state index < -0.39 is 0 Å². The molecule has 5 aromatic carbocycles. The zero-order chi connectivity index (χ0) is 31.3. The molecule has 0 aromatic heterocycles. The minimum absolute atomic E-state index is 0. The number of para-hydroxylation sites is 1. The molecule has 1 unspecified atom stereocenters. The molecule has 3 heteroatoms. The van der Waals surface area contributed by atoms with Gasteiger partial charge in [-0.1, -0.05) is 108 Å². The second-order valence-electron chi connectivity index (χ2n) is 13.2. The van der Waals surface area contributed by atoms with Crippen LogP contribution in [0.2, 0.25) is 0 Å². The normalized spacial score (nSPS) is 17.0. The Morgan fingerprint density at radius 2 is 1.46 bits per heavy atom. The molecule has 1 radical (unpaired) electrons. The van der Waals surface area contributed by atoms with Crippen molar-refractivity contribution in [2.45, 2.75) is 58.4 Å².